The van der Waals surface area contributed by atoms with Crippen LogP contribution in [0.1, 0.15) is 34.4 Å². The summed E-state index contributed by atoms with van der Waals surface area (Å²) in [6, 6.07) is 10.0. The van der Waals surface area contributed by atoms with Crippen molar-refractivity contribution in [2.45, 2.75) is 40.7 Å². The number of carbonyl (C=O) groups is 2. The number of anilines is 1. The lowest BCUT2D eigenvalue weighted by atomic mass is 10.0. The molecule has 6 heteroatoms. The maximum Gasteiger partial charge on any atom is 0.233 e. The van der Waals surface area contributed by atoms with E-state index in [-0.39, 0.29) is 6.42 Å². The second kappa shape index (κ2) is 7.99. The summed E-state index contributed by atoms with van der Waals surface area (Å²) >= 11 is 0. The predicted octanol–water partition coefficient (Wildman–Crippen LogP) is 3.75. The molecular weight excluding hydrogens is 366 g/mol. The summed E-state index contributed by atoms with van der Waals surface area (Å²) in [5.74, 6) is -0.171. The molecule has 3 rings (SSSR count). The van der Waals surface area contributed by atoms with E-state index < -0.39 is 11.8 Å². The number of nitrogens with one attached hydrogen (secondary N) is 1. The number of aryl methyl sites for hydroxylation is 2. The van der Waals surface area contributed by atoms with Gasteiger partial charge in [0.1, 0.15) is 12.2 Å². The number of primary amides is 1. The van der Waals surface area contributed by atoms with Gasteiger partial charge in [0.2, 0.25) is 11.8 Å². The molecule has 0 atom stereocenters. The molecule has 2 amide bonds. The van der Waals surface area contributed by atoms with E-state index in [0.29, 0.717) is 12.2 Å². The number of nitrogens with zero attached hydrogens (tertiary/aromatic N) is 1. The fourth-order valence-electron chi connectivity index (χ4n) is 3.76. The zero-order valence-electron chi connectivity index (χ0n) is 17.6. The Kier molecular flexibility index (Phi) is 5.64. The van der Waals surface area contributed by atoms with Gasteiger partial charge in [-0.1, -0.05) is 12.1 Å². The maximum atomic E-state index is 12.0. The van der Waals surface area contributed by atoms with Crippen LogP contribution in [-0.2, 0) is 16.1 Å². The molecule has 29 heavy (non-hydrogen) atoms. The van der Waals surface area contributed by atoms with Crippen molar-refractivity contribution in [1.82, 2.24) is 4.57 Å². The Labute approximate surface area is 170 Å². The smallest absolute Gasteiger partial charge is 0.233 e. The highest BCUT2D eigenvalue weighted by Gasteiger charge is 2.16. The molecule has 0 aliphatic rings. The van der Waals surface area contributed by atoms with Gasteiger partial charge in [-0.25, -0.2) is 0 Å². The first-order valence-electron chi connectivity index (χ1n) is 9.53. The molecule has 0 aliphatic carbocycles. The normalized spacial score (nSPS) is 10.9. The van der Waals surface area contributed by atoms with Crippen LogP contribution in [-0.4, -0.2) is 23.5 Å². The van der Waals surface area contributed by atoms with Gasteiger partial charge in [0.05, 0.1) is 18.3 Å². The van der Waals surface area contributed by atoms with Crippen LogP contribution in [0.2, 0.25) is 0 Å². The first-order chi connectivity index (χ1) is 13.7. The molecular formula is C23H27N3O3. The zero-order valence-corrected chi connectivity index (χ0v) is 17.6. The number of ether oxygens (including phenoxy) is 1. The largest absolute Gasteiger partial charge is 0.496 e. The standard InChI is InChI=1S/C23H27N3O3/c1-13-6-8-19(25-22(28)11-21(24)27)18-10-14(2)26(23(13)18)12-17-7-9-20(29-5)16(4)15(17)3/h6-10H,11-12H2,1-5H3,(H2,24,27)(H,25,28). The van der Waals surface area contributed by atoms with E-state index in [1.807, 2.05) is 18.2 Å². The number of methoxy groups -OCH3 is 1. The number of hydrogen-bond acceptors (Lipinski definition) is 3. The number of amides is 2. The van der Waals surface area contributed by atoms with Gasteiger partial charge in [-0.3, -0.25) is 9.59 Å². The fraction of sp³-hybridized carbons (Fsp3) is 0.304. The zero-order chi connectivity index (χ0) is 21.3. The van der Waals surface area contributed by atoms with Crippen molar-refractivity contribution in [3.63, 3.8) is 0 Å². The van der Waals surface area contributed by atoms with Crippen molar-refractivity contribution in [3.8, 4) is 5.75 Å². The van der Waals surface area contributed by atoms with Crippen LogP contribution in [0.15, 0.2) is 30.3 Å². The summed E-state index contributed by atoms with van der Waals surface area (Å²) in [7, 11) is 1.68. The molecule has 0 saturated carbocycles. The SMILES string of the molecule is COc1ccc(Cn2c(C)cc3c(NC(=O)CC(N)=O)ccc(C)c32)c(C)c1C. The summed E-state index contributed by atoms with van der Waals surface area (Å²) in [5.41, 5.74) is 12.6. The van der Waals surface area contributed by atoms with E-state index in [0.717, 1.165) is 33.5 Å². The molecule has 0 spiro atoms. The van der Waals surface area contributed by atoms with Gasteiger partial charge in [0.25, 0.3) is 0 Å². The molecule has 0 fully saturated rings. The van der Waals surface area contributed by atoms with Crippen LogP contribution in [0, 0.1) is 27.7 Å². The Balaban J connectivity index is 2.05. The lowest BCUT2D eigenvalue weighted by molar-refractivity contribution is -0.124. The van der Waals surface area contributed by atoms with Crippen molar-refractivity contribution >= 4 is 28.4 Å². The number of hydrogen-bond donors (Lipinski definition) is 2. The van der Waals surface area contributed by atoms with Gasteiger partial charge in [-0.05, 0) is 68.1 Å². The number of carbonyl (C=O) groups excluding carboxylic acids is 2. The Hall–Kier alpha value is -3.28. The minimum atomic E-state index is -0.648. The molecule has 152 valence electrons. The number of aromatic nitrogens is 1. The van der Waals surface area contributed by atoms with Gasteiger partial charge < -0.3 is 20.4 Å². The van der Waals surface area contributed by atoms with Gasteiger partial charge in [-0.15, -0.1) is 0 Å². The Morgan fingerprint density at radius 3 is 2.45 bits per heavy atom. The summed E-state index contributed by atoms with van der Waals surface area (Å²) in [5, 5.41) is 3.76. The van der Waals surface area contributed by atoms with Crippen molar-refractivity contribution in [2.24, 2.45) is 5.73 Å². The monoisotopic (exact) mass is 393 g/mol. The molecule has 0 aliphatic heterocycles. The van der Waals surface area contributed by atoms with E-state index >= 15 is 0 Å². The molecule has 0 unspecified atom stereocenters. The molecule has 3 N–H and O–H groups in total. The quantitative estimate of drug-likeness (QED) is 0.626. The van der Waals surface area contributed by atoms with Gasteiger partial charge in [-0.2, -0.15) is 0 Å². The molecule has 0 saturated heterocycles. The predicted molar refractivity (Wildman–Crippen MR) is 115 cm³/mol. The van der Waals surface area contributed by atoms with Gasteiger partial charge >= 0.3 is 0 Å². The highest BCUT2D eigenvalue weighted by Crippen LogP contribution is 2.32. The first kappa shape index (κ1) is 20.5. The highest BCUT2D eigenvalue weighted by molar-refractivity contribution is 6.07. The Morgan fingerprint density at radius 2 is 1.79 bits per heavy atom. The van der Waals surface area contributed by atoms with E-state index in [4.69, 9.17) is 10.5 Å². The van der Waals surface area contributed by atoms with Crippen LogP contribution in [0.25, 0.3) is 10.9 Å². The summed E-state index contributed by atoms with van der Waals surface area (Å²) in [6.07, 6.45) is -0.334. The average Bonchev–Trinajstić information content (AvgIpc) is 2.98. The van der Waals surface area contributed by atoms with Crippen LogP contribution >= 0.6 is 0 Å². The molecule has 0 bridgehead atoms. The number of nitrogens with two attached hydrogens (primary N) is 1. The van der Waals surface area contributed by atoms with Crippen molar-refractivity contribution in [1.29, 1.82) is 0 Å². The van der Waals surface area contributed by atoms with Crippen LogP contribution < -0.4 is 15.8 Å². The maximum absolute atomic E-state index is 12.0. The molecule has 0 radical (unpaired) electrons. The van der Waals surface area contributed by atoms with Crippen LogP contribution in [0.4, 0.5) is 5.69 Å². The van der Waals surface area contributed by atoms with E-state index in [2.05, 4.69) is 49.7 Å². The second-order valence-corrected chi connectivity index (χ2v) is 7.43. The van der Waals surface area contributed by atoms with Crippen LogP contribution in [0.3, 0.4) is 0 Å². The third kappa shape index (κ3) is 3.97. The third-order valence-corrected chi connectivity index (χ3v) is 5.47. The number of rotatable bonds is 6. The lowest BCUT2D eigenvalue weighted by Crippen LogP contribution is -2.21. The number of benzene rings is 2. The minimum Gasteiger partial charge on any atom is -0.496 e. The van der Waals surface area contributed by atoms with Gasteiger partial charge in [0.15, 0.2) is 0 Å². The molecule has 1 aromatic heterocycles. The van der Waals surface area contributed by atoms with E-state index in [9.17, 15) is 9.59 Å². The lowest BCUT2D eigenvalue weighted by Gasteiger charge is -2.16. The van der Waals surface area contributed by atoms with Crippen molar-refractivity contribution < 1.29 is 14.3 Å². The first-order valence-corrected chi connectivity index (χ1v) is 9.53. The van der Waals surface area contributed by atoms with E-state index in [1.54, 1.807) is 7.11 Å². The minimum absolute atomic E-state index is 0.334. The summed E-state index contributed by atoms with van der Waals surface area (Å²) < 4.78 is 7.68. The van der Waals surface area contributed by atoms with Crippen LogP contribution in [0.5, 0.6) is 5.75 Å². The second-order valence-electron chi connectivity index (χ2n) is 7.43. The van der Waals surface area contributed by atoms with Crippen molar-refractivity contribution in [2.75, 3.05) is 12.4 Å². The molecule has 1 heterocycles. The summed E-state index contributed by atoms with van der Waals surface area (Å²) in [6.45, 7) is 9.00. The third-order valence-electron chi connectivity index (χ3n) is 5.47. The Morgan fingerprint density at radius 1 is 1.07 bits per heavy atom. The van der Waals surface area contributed by atoms with Gasteiger partial charge in [0, 0.05) is 17.6 Å². The number of fused-ring (bicyclic) bond motifs is 1. The average molecular weight is 393 g/mol. The molecule has 2 aromatic carbocycles. The molecule has 6 nitrogen and oxygen atoms in total. The van der Waals surface area contributed by atoms with E-state index in [1.165, 1.54) is 11.1 Å². The topological polar surface area (TPSA) is 86.3 Å². The molecule has 3 aromatic rings. The summed E-state index contributed by atoms with van der Waals surface area (Å²) in [4.78, 5) is 23.1. The van der Waals surface area contributed by atoms with Crippen molar-refractivity contribution in [3.05, 3.63) is 58.3 Å². The highest BCUT2D eigenvalue weighted by atomic mass is 16.5. The Bertz CT molecular complexity index is 1110. The fourth-order valence-corrected chi connectivity index (χ4v) is 3.76.